The molecule has 6 aromatic carbocycles. The van der Waals surface area contributed by atoms with Crippen molar-refractivity contribution in [2.75, 3.05) is 0 Å². The molecule has 0 unspecified atom stereocenters. The lowest BCUT2D eigenvalue weighted by Crippen LogP contribution is -2.04. The minimum Gasteiger partial charge on any atom is -0.289 e. The summed E-state index contributed by atoms with van der Waals surface area (Å²) >= 11 is 0. The first-order valence-electron chi connectivity index (χ1n) is 15.7. The number of rotatable bonds is 6. The van der Waals surface area contributed by atoms with Gasteiger partial charge in [-0.15, -0.1) is 0 Å². The molecule has 0 aromatic heterocycles. The van der Waals surface area contributed by atoms with Gasteiger partial charge in [0.25, 0.3) is 0 Å². The minimum absolute atomic E-state index is 0.0204. The molecule has 0 aliphatic heterocycles. The van der Waals surface area contributed by atoms with Crippen molar-refractivity contribution < 1.29 is 4.79 Å². The molecule has 0 N–H and O–H groups in total. The highest BCUT2D eigenvalue weighted by Crippen LogP contribution is 2.34. The standard InChI is InChI=1S/C44H40O/c1-27-9-8-10-34(14-27)38-21-39(35-15-28(2)11-29(3)16-35)24-42(23-38)44(45)43-25-40(36-17-30(4)12-31(5)18-36)22-41(26-43)37-19-32(6)13-33(7)20-37/h8-26H,1-7H3. The zero-order valence-electron chi connectivity index (χ0n) is 27.4. The Bertz CT molecular complexity index is 1960. The Balaban J connectivity index is 1.56. The van der Waals surface area contributed by atoms with Crippen LogP contribution in [0.1, 0.15) is 54.9 Å². The largest absolute Gasteiger partial charge is 0.289 e. The van der Waals surface area contributed by atoms with Crippen LogP contribution in [0.15, 0.2) is 115 Å². The van der Waals surface area contributed by atoms with E-state index in [1.807, 2.05) is 0 Å². The van der Waals surface area contributed by atoms with Crippen LogP contribution in [-0.2, 0) is 0 Å². The highest BCUT2D eigenvalue weighted by atomic mass is 16.1. The van der Waals surface area contributed by atoms with Crippen LogP contribution in [0.3, 0.4) is 0 Å². The maximum Gasteiger partial charge on any atom is 0.193 e. The zero-order chi connectivity index (χ0) is 31.8. The molecule has 222 valence electrons. The van der Waals surface area contributed by atoms with Gasteiger partial charge >= 0.3 is 0 Å². The summed E-state index contributed by atoms with van der Waals surface area (Å²) < 4.78 is 0. The van der Waals surface area contributed by atoms with E-state index >= 15 is 0 Å². The topological polar surface area (TPSA) is 17.1 Å². The van der Waals surface area contributed by atoms with Crippen LogP contribution in [0.4, 0.5) is 0 Å². The summed E-state index contributed by atoms with van der Waals surface area (Å²) in [7, 11) is 0. The van der Waals surface area contributed by atoms with Crippen LogP contribution in [0.25, 0.3) is 44.5 Å². The van der Waals surface area contributed by atoms with Crippen LogP contribution in [0.5, 0.6) is 0 Å². The number of carbonyl (C=O) groups excluding carboxylic acids is 1. The lowest BCUT2D eigenvalue weighted by atomic mass is 9.89. The molecule has 0 spiro atoms. The molecule has 0 amide bonds. The molecule has 0 bridgehead atoms. The zero-order valence-corrected chi connectivity index (χ0v) is 27.4. The second-order valence-electron chi connectivity index (χ2n) is 12.9. The summed E-state index contributed by atoms with van der Waals surface area (Å²) in [5.74, 6) is 0.0204. The summed E-state index contributed by atoms with van der Waals surface area (Å²) in [5.41, 5.74) is 18.5. The predicted molar refractivity (Wildman–Crippen MR) is 191 cm³/mol. The number of hydrogen-bond acceptors (Lipinski definition) is 1. The van der Waals surface area contributed by atoms with Crippen molar-refractivity contribution in [3.8, 4) is 44.5 Å². The van der Waals surface area contributed by atoms with E-state index in [9.17, 15) is 4.79 Å². The van der Waals surface area contributed by atoms with Crippen molar-refractivity contribution in [2.45, 2.75) is 48.5 Å². The smallest absolute Gasteiger partial charge is 0.193 e. The Morgan fingerprint density at radius 1 is 0.311 bits per heavy atom. The molecule has 0 radical (unpaired) electrons. The van der Waals surface area contributed by atoms with Gasteiger partial charge in [-0.25, -0.2) is 0 Å². The van der Waals surface area contributed by atoms with E-state index in [0.717, 1.165) is 44.5 Å². The second kappa shape index (κ2) is 12.2. The van der Waals surface area contributed by atoms with E-state index in [-0.39, 0.29) is 5.78 Å². The van der Waals surface area contributed by atoms with Crippen molar-refractivity contribution in [1.29, 1.82) is 0 Å². The molecule has 0 aliphatic rings. The molecule has 0 aliphatic carbocycles. The lowest BCUT2D eigenvalue weighted by molar-refractivity contribution is 0.103. The summed E-state index contributed by atoms with van der Waals surface area (Å²) in [6, 6.07) is 41.0. The SMILES string of the molecule is Cc1cccc(-c2cc(C(=O)c3cc(-c4cc(C)cc(C)c4)cc(-c4cc(C)cc(C)c4)c3)cc(-c3cc(C)cc(C)c3)c2)c1. The van der Waals surface area contributed by atoms with Gasteiger partial charge in [-0.05, 0) is 129 Å². The van der Waals surface area contributed by atoms with Gasteiger partial charge in [0.05, 0.1) is 0 Å². The van der Waals surface area contributed by atoms with Crippen LogP contribution >= 0.6 is 0 Å². The van der Waals surface area contributed by atoms with Gasteiger partial charge in [-0.2, -0.15) is 0 Å². The van der Waals surface area contributed by atoms with E-state index in [1.54, 1.807) is 0 Å². The third-order valence-corrected chi connectivity index (χ3v) is 8.41. The van der Waals surface area contributed by atoms with E-state index in [0.29, 0.717) is 11.1 Å². The van der Waals surface area contributed by atoms with E-state index in [2.05, 4.69) is 164 Å². The third kappa shape index (κ3) is 6.74. The molecule has 1 heteroatoms. The van der Waals surface area contributed by atoms with Gasteiger partial charge in [-0.1, -0.05) is 118 Å². The Morgan fingerprint density at radius 2 is 0.600 bits per heavy atom. The van der Waals surface area contributed by atoms with E-state index in [1.165, 1.54) is 38.9 Å². The molecule has 0 saturated heterocycles. The first kappa shape index (κ1) is 30.0. The summed E-state index contributed by atoms with van der Waals surface area (Å²) in [4.78, 5) is 14.6. The van der Waals surface area contributed by atoms with E-state index in [4.69, 9.17) is 0 Å². The number of hydrogen-bond donors (Lipinski definition) is 0. The first-order chi connectivity index (χ1) is 21.5. The van der Waals surface area contributed by atoms with Gasteiger partial charge in [0.15, 0.2) is 5.78 Å². The van der Waals surface area contributed by atoms with Crippen molar-refractivity contribution in [3.63, 3.8) is 0 Å². The van der Waals surface area contributed by atoms with Crippen molar-refractivity contribution in [2.24, 2.45) is 0 Å². The summed E-state index contributed by atoms with van der Waals surface area (Å²) in [6.07, 6.45) is 0. The van der Waals surface area contributed by atoms with Crippen LogP contribution in [-0.4, -0.2) is 5.78 Å². The lowest BCUT2D eigenvalue weighted by Gasteiger charge is -2.15. The van der Waals surface area contributed by atoms with Crippen molar-refractivity contribution >= 4 is 5.78 Å². The van der Waals surface area contributed by atoms with E-state index < -0.39 is 0 Å². The molecule has 45 heavy (non-hydrogen) atoms. The highest BCUT2D eigenvalue weighted by Gasteiger charge is 2.17. The molecule has 6 aromatic rings. The normalized spacial score (nSPS) is 11.1. The number of ketones is 1. The molecule has 0 atom stereocenters. The monoisotopic (exact) mass is 584 g/mol. The highest BCUT2D eigenvalue weighted by molar-refractivity contribution is 6.11. The van der Waals surface area contributed by atoms with Crippen molar-refractivity contribution in [3.05, 3.63) is 165 Å². The van der Waals surface area contributed by atoms with Crippen LogP contribution < -0.4 is 0 Å². The minimum atomic E-state index is 0.0204. The van der Waals surface area contributed by atoms with Crippen molar-refractivity contribution in [1.82, 2.24) is 0 Å². The fraction of sp³-hybridized carbons (Fsp3) is 0.159. The molecular weight excluding hydrogens is 544 g/mol. The quantitative estimate of drug-likeness (QED) is 0.178. The molecule has 0 fully saturated rings. The maximum absolute atomic E-state index is 14.6. The maximum atomic E-state index is 14.6. The number of benzene rings is 6. The van der Waals surface area contributed by atoms with Gasteiger partial charge in [0, 0.05) is 11.1 Å². The molecule has 0 saturated carbocycles. The number of aryl methyl sites for hydroxylation is 7. The molecule has 0 heterocycles. The fourth-order valence-corrected chi connectivity index (χ4v) is 6.60. The second-order valence-corrected chi connectivity index (χ2v) is 12.9. The molecular formula is C44H40O. The average Bonchev–Trinajstić information content (AvgIpc) is 2.99. The van der Waals surface area contributed by atoms with Gasteiger partial charge in [0.1, 0.15) is 0 Å². The van der Waals surface area contributed by atoms with Gasteiger partial charge < -0.3 is 0 Å². The van der Waals surface area contributed by atoms with Crippen LogP contribution in [0, 0.1) is 48.5 Å². The number of carbonyl (C=O) groups is 1. The Morgan fingerprint density at radius 3 is 0.933 bits per heavy atom. The average molecular weight is 585 g/mol. The van der Waals surface area contributed by atoms with Crippen LogP contribution in [0.2, 0.25) is 0 Å². The predicted octanol–water partition coefficient (Wildman–Crippen LogP) is 11.7. The molecule has 1 nitrogen and oxygen atoms in total. The van der Waals surface area contributed by atoms with Gasteiger partial charge in [0.2, 0.25) is 0 Å². The summed E-state index contributed by atoms with van der Waals surface area (Å²) in [6.45, 7) is 14.9. The molecule has 6 rings (SSSR count). The Hall–Kier alpha value is -5.01. The summed E-state index contributed by atoms with van der Waals surface area (Å²) in [5, 5.41) is 0. The third-order valence-electron chi connectivity index (χ3n) is 8.41. The Labute approximate surface area is 268 Å². The van der Waals surface area contributed by atoms with Gasteiger partial charge in [-0.3, -0.25) is 4.79 Å². The first-order valence-corrected chi connectivity index (χ1v) is 15.7. The fourth-order valence-electron chi connectivity index (χ4n) is 6.60. The Kier molecular flexibility index (Phi) is 8.12.